The van der Waals surface area contributed by atoms with E-state index in [0.29, 0.717) is 23.4 Å². The maximum absolute atomic E-state index is 13.8. The van der Waals surface area contributed by atoms with E-state index in [1.165, 1.54) is 23.2 Å². The average Bonchev–Trinajstić information content (AvgIpc) is 3.25. The summed E-state index contributed by atoms with van der Waals surface area (Å²) in [5.74, 6) is -1.45. The van der Waals surface area contributed by atoms with Crippen LogP contribution in [0.15, 0.2) is 66.5 Å². The lowest BCUT2D eigenvalue weighted by molar-refractivity contribution is -0.128. The van der Waals surface area contributed by atoms with Gasteiger partial charge in [-0.05, 0) is 42.3 Å². The Morgan fingerprint density at radius 1 is 1.24 bits per heavy atom. The predicted molar refractivity (Wildman–Crippen MR) is 123 cm³/mol. The molecule has 2 N–H and O–H groups in total. The first-order valence-electron chi connectivity index (χ1n) is 10.6. The van der Waals surface area contributed by atoms with Crippen LogP contribution in [0.4, 0.5) is 10.1 Å². The second kappa shape index (κ2) is 9.38. The standard InChI is InChI=1S/C25H25FN4O3/c1-16-6-7-18(22-8-9-30(28-22)10-11-31)13-23(16)27-25(33)21-15-29(2)24(32)14-20(21)17-4-3-5-19(26)12-17/h3-9,12-13,15,20,31H,10-11,14H2,1-2H3,(H,27,33)/t20-/m0/s1. The number of aliphatic hydroxyl groups excluding tert-OH is 1. The molecule has 1 aliphatic rings. The third kappa shape index (κ3) is 4.85. The van der Waals surface area contributed by atoms with Crippen molar-refractivity contribution in [1.29, 1.82) is 0 Å². The lowest BCUT2D eigenvalue weighted by Gasteiger charge is -2.28. The number of benzene rings is 2. The fraction of sp³-hybridized carbons (Fsp3) is 0.240. The first kappa shape index (κ1) is 22.4. The highest BCUT2D eigenvalue weighted by Gasteiger charge is 2.31. The summed E-state index contributed by atoms with van der Waals surface area (Å²) in [5, 5.41) is 16.5. The Bertz CT molecular complexity index is 1230. The first-order valence-corrected chi connectivity index (χ1v) is 10.6. The molecule has 0 spiro atoms. The zero-order chi connectivity index (χ0) is 23.5. The molecule has 4 rings (SSSR count). The summed E-state index contributed by atoms with van der Waals surface area (Å²) in [6.07, 6.45) is 3.39. The van der Waals surface area contributed by atoms with Gasteiger partial charge in [0.15, 0.2) is 0 Å². The third-order valence-electron chi connectivity index (χ3n) is 5.74. The van der Waals surface area contributed by atoms with Crippen molar-refractivity contribution in [3.63, 3.8) is 0 Å². The Morgan fingerprint density at radius 3 is 2.82 bits per heavy atom. The van der Waals surface area contributed by atoms with Gasteiger partial charge in [0.1, 0.15) is 5.82 Å². The van der Waals surface area contributed by atoms with Crippen molar-refractivity contribution in [1.82, 2.24) is 14.7 Å². The summed E-state index contributed by atoms with van der Waals surface area (Å²) in [4.78, 5) is 27.0. The molecule has 0 fully saturated rings. The molecule has 0 saturated heterocycles. The van der Waals surface area contributed by atoms with Crippen molar-refractivity contribution in [2.24, 2.45) is 0 Å². The molecule has 0 unspecified atom stereocenters. The van der Waals surface area contributed by atoms with Gasteiger partial charge in [-0.3, -0.25) is 14.3 Å². The lowest BCUT2D eigenvalue weighted by Crippen LogP contribution is -2.33. The minimum absolute atomic E-state index is 0.00509. The van der Waals surface area contributed by atoms with Crippen molar-refractivity contribution in [2.45, 2.75) is 25.8 Å². The number of nitrogens with zero attached hydrogens (tertiary/aromatic N) is 3. The molecule has 0 aliphatic carbocycles. The molecule has 0 saturated carbocycles. The van der Waals surface area contributed by atoms with Crippen molar-refractivity contribution in [2.75, 3.05) is 19.0 Å². The highest BCUT2D eigenvalue weighted by molar-refractivity contribution is 6.07. The molecule has 0 radical (unpaired) electrons. The van der Waals surface area contributed by atoms with Crippen LogP contribution < -0.4 is 5.32 Å². The quantitative estimate of drug-likeness (QED) is 0.605. The second-order valence-corrected chi connectivity index (χ2v) is 8.07. The maximum atomic E-state index is 13.8. The molecule has 1 aromatic heterocycles. The van der Waals surface area contributed by atoms with Crippen LogP contribution in [-0.4, -0.2) is 45.3 Å². The van der Waals surface area contributed by atoms with Crippen LogP contribution >= 0.6 is 0 Å². The van der Waals surface area contributed by atoms with E-state index >= 15 is 0 Å². The summed E-state index contributed by atoms with van der Waals surface area (Å²) in [7, 11) is 1.60. The molecule has 33 heavy (non-hydrogen) atoms. The zero-order valence-electron chi connectivity index (χ0n) is 18.5. The number of aryl methyl sites for hydroxylation is 1. The van der Waals surface area contributed by atoms with Crippen LogP contribution in [0.3, 0.4) is 0 Å². The van der Waals surface area contributed by atoms with Gasteiger partial charge >= 0.3 is 0 Å². The molecule has 2 heterocycles. The van der Waals surface area contributed by atoms with Gasteiger partial charge in [-0.1, -0.05) is 24.3 Å². The van der Waals surface area contributed by atoms with Gasteiger partial charge in [-0.15, -0.1) is 0 Å². The van der Waals surface area contributed by atoms with Gasteiger partial charge < -0.3 is 15.3 Å². The van der Waals surface area contributed by atoms with E-state index in [0.717, 1.165) is 16.8 Å². The molecule has 1 atom stereocenters. The Kier molecular flexibility index (Phi) is 6.37. The van der Waals surface area contributed by atoms with Gasteiger partial charge in [0, 0.05) is 48.6 Å². The molecule has 2 aromatic carbocycles. The van der Waals surface area contributed by atoms with Gasteiger partial charge in [0.05, 0.1) is 18.8 Å². The average molecular weight is 448 g/mol. The van der Waals surface area contributed by atoms with Crippen molar-refractivity contribution >= 4 is 17.5 Å². The number of aliphatic hydroxyl groups is 1. The number of hydrogen-bond donors (Lipinski definition) is 2. The van der Waals surface area contributed by atoms with E-state index in [9.17, 15) is 14.0 Å². The van der Waals surface area contributed by atoms with Crippen LogP contribution in [0.2, 0.25) is 0 Å². The summed E-state index contributed by atoms with van der Waals surface area (Å²) in [5.41, 5.74) is 3.99. The number of carbonyl (C=O) groups excluding carboxylic acids is 2. The molecule has 3 aromatic rings. The van der Waals surface area contributed by atoms with E-state index in [4.69, 9.17) is 5.11 Å². The number of amides is 2. The SMILES string of the molecule is Cc1ccc(-c2ccn(CCO)n2)cc1NC(=O)C1=CN(C)C(=O)C[C@H]1c1cccc(F)c1. The van der Waals surface area contributed by atoms with Gasteiger partial charge in [-0.2, -0.15) is 5.10 Å². The number of anilines is 1. The van der Waals surface area contributed by atoms with Crippen LogP contribution in [0.1, 0.15) is 23.5 Å². The largest absolute Gasteiger partial charge is 0.394 e. The van der Waals surface area contributed by atoms with E-state index in [-0.39, 0.29) is 24.8 Å². The number of nitrogens with one attached hydrogen (secondary N) is 1. The van der Waals surface area contributed by atoms with E-state index < -0.39 is 11.7 Å². The topological polar surface area (TPSA) is 87.5 Å². The highest BCUT2D eigenvalue weighted by Crippen LogP contribution is 2.34. The zero-order valence-corrected chi connectivity index (χ0v) is 18.5. The maximum Gasteiger partial charge on any atom is 0.253 e. The van der Waals surface area contributed by atoms with Crippen LogP contribution in [0, 0.1) is 12.7 Å². The second-order valence-electron chi connectivity index (χ2n) is 8.07. The Hall–Kier alpha value is -3.78. The Balaban J connectivity index is 1.63. The normalized spacial score (nSPS) is 16.0. The molecule has 2 amide bonds. The minimum Gasteiger partial charge on any atom is -0.394 e. The summed E-state index contributed by atoms with van der Waals surface area (Å²) in [6, 6.07) is 13.5. The number of hydrogen-bond acceptors (Lipinski definition) is 4. The summed E-state index contributed by atoms with van der Waals surface area (Å²) < 4.78 is 15.5. The lowest BCUT2D eigenvalue weighted by atomic mass is 9.85. The fourth-order valence-electron chi connectivity index (χ4n) is 3.89. The molecular formula is C25H25FN4O3. The number of rotatable bonds is 6. The van der Waals surface area contributed by atoms with E-state index in [1.807, 2.05) is 31.2 Å². The molecule has 8 heteroatoms. The number of aromatic nitrogens is 2. The van der Waals surface area contributed by atoms with Crippen LogP contribution in [0.25, 0.3) is 11.3 Å². The third-order valence-corrected chi connectivity index (χ3v) is 5.74. The fourth-order valence-corrected chi connectivity index (χ4v) is 3.89. The molecular weight excluding hydrogens is 423 g/mol. The van der Waals surface area contributed by atoms with Crippen molar-refractivity contribution in [3.05, 3.63) is 83.4 Å². The van der Waals surface area contributed by atoms with E-state index in [2.05, 4.69) is 10.4 Å². The minimum atomic E-state index is -0.540. The van der Waals surface area contributed by atoms with E-state index in [1.54, 1.807) is 30.1 Å². The predicted octanol–water partition coefficient (Wildman–Crippen LogP) is 3.46. The van der Waals surface area contributed by atoms with Gasteiger partial charge in [-0.25, -0.2) is 4.39 Å². The van der Waals surface area contributed by atoms with Gasteiger partial charge in [0.2, 0.25) is 5.91 Å². The number of carbonyl (C=O) groups is 2. The van der Waals surface area contributed by atoms with Gasteiger partial charge in [0.25, 0.3) is 5.91 Å². The first-order chi connectivity index (χ1) is 15.9. The monoisotopic (exact) mass is 448 g/mol. The number of halogens is 1. The summed E-state index contributed by atoms with van der Waals surface area (Å²) in [6.45, 7) is 2.28. The molecule has 1 aliphatic heterocycles. The van der Waals surface area contributed by atoms with Crippen LogP contribution in [0.5, 0.6) is 0 Å². The summed E-state index contributed by atoms with van der Waals surface area (Å²) >= 11 is 0. The van der Waals surface area contributed by atoms with Crippen molar-refractivity contribution < 1.29 is 19.1 Å². The van der Waals surface area contributed by atoms with Crippen LogP contribution in [-0.2, 0) is 16.1 Å². The molecule has 170 valence electrons. The Morgan fingerprint density at radius 2 is 2.06 bits per heavy atom. The Labute approximate surface area is 191 Å². The highest BCUT2D eigenvalue weighted by atomic mass is 19.1. The molecule has 0 bridgehead atoms. The molecule has 7 nitrogen and oxygen atoms in total. The van der Waals surface area contributed by atoms with Crippen molar-refractivity contribution in [3.8, 4) is 11.3 Å². The smallest absolute Gasteiger partial charge is 0.253 e.